The molecule has 3 aromatic rings. The summed E-state index contributed by atoms with van der Waals surface area (Å²) in [5, 5.41) is 7.34. The Bertz CT molecular complexity index is 722. The van der Waals surface area contributed by atoms with Crippen LogP contribution in [-0.2, 0) is 6.18 Å². The quantitative estimate of drug-likeness (QED) is 0.690. The lowest BCUT2D eigenvalue weighted by molar-refractivity contribution is -0.159. The highest BCUT2D eigenvalue weighted by Crippen LogP contribution is 2.29. The molecule has 2 heterocycles. The molecule has 0 unspecified atom stereocenters. The van der Waals surface area contributed by atoms with Crippen molar-refractivity contribution in [2.24, 2.45) is 0 Å². The maximum atomic E-state index is 12.4. The lowest BCUT2D eigenvalue weighted by Crippen LogP contribution is -2.22. The van der Waals surface area contributed by atoms with Gasteiger partial charge in [-0.2, -0.15) is 23.3 Å². The normalized spacial score (nSPS) is 11.6. The van der Waals surface area contributed by atoms with Crippen molar-refractivity contribution < 1.29 is 17.7 Å². The molecule has 0 saturated heterocycles. The highest BCUT2D eigenvalue weighted by molar-refractivity contribution is 6.51. The standard InChI is InChI=1S/C12H7BF3N4O/c14-12(15,16)11-18-10(19-21-11)8-2-4-9(5-3-8)13-20-7-1-6-17-20/h1-7H. The molecule has 21 heavy (non-hydrogen) atoms. The van der Waals surface area contributed by atoms with Crippen LogP contribution in [0, 0.1) is 0 Å². The predicted octanol–water partition coefficient (Wildman–Crippen LogP) is 1.74. The van der Waals surface area contributed by atoms with E-state index >= 15 is 0 Å². The second kappa shape index (κ2) is 5.08. The number of hydrogen-bond donors (Lipinski definition) is 0. The molecule has 9 heteroatoms. The highest BCUT2D eigenvalue weighted by Gasteiger charge is 2.38. The number of hydrogen-bond acceptors (Lipinski definition) is 4. The fourth-order valence-corrected chi connectivity index (χ4v) is 1.68. The second-order valence-corrected chi connectivity index (χ2v) is 4.16. The van der Waals surface area contributed by atoms with Crippen molar-refractivity contribution in [3.05, 3.63) is 48.6 Å². The maximum Gasteiger partial charge on any atom is 0.471 e. The Balaban J connectivity index is 1.79. The summed E-state index contributed by atoms with van der Waals surface area (Å²) in [6.45, 7) is 0. The molecule has 0 fully saturated rings. The van der Waals surface area contributed by atoms with Crippen LogP contribution in [0.2, 0.25) is 0 Å². The van der Waals surface area contributed by atoms with E-state index in [1.54, 1.807) is 54.7 Å². The first-order chi connectivity index (χ1) is 10.0. The molecular formula is C12H7BF3N4O. The minimum atomic E-state index is -4.64. The molecule has 2 aromatic heterocycles. The van der Waals surface area contributed by atoms with Crippen molar-refractivity contribution >= 4 is 12.9 Å². The van der Waals surface area contributed by atoms with E-state index in [-0.39, 0.29) is 5.82 Å². The van der Waals surface area contributed by atoms with Crippen LogP contribution in [-0.4, -0.2) is 27.2 Å². The van der Waals surface area contributed by atoms with E-state index in [0.717, 1.165) is 5.46 Å². The third-order valence-corrected chi connectivity index (χ3v) is 2.64. The van der Waals surface area contributed by atoms with E-state index in [0.29, 0.717) is 5.56 Å². The number of alkyl halides is 3. The summed E-state index contributed by atoms with van der Waals surface area (Å²) in [6.07, 6.45) is -1.23. The maximum absolute atomic E-state index is 12.4. The number of rotatable bonds is 3. The van der Waals surface area contributed by atoms with Crippen LogP contribution in [0.1, 0.15) is 5.89 Å². The molecule has 0 spiro atoms. The fourth-order valence-electron chi connectivity index (χ4n) is 1.68. The molecule has 1 aromatic carbocycles. The van der Waals surface area contributed by atoms with Gasteiger partial charge in [-0.3, -0.25) is 0 Å². The minimum absolute atomic E-state index is 0.104. The molecule has 0 amide bonds. The molecule has 3 rings (SSSR count). The van der Waals surface area contributed by atoms with Gasteiger partial charge in [-0.05, 0) is 6.07 Å². The molecule has 0 N–H and O–H groups in total. The van der Waals surface area contributed by atoms with Crippen LogP contribution >= 0.6 is 0 Å². The van der Waals surface area contributed by atoms with Gasteiger partial charge >= 0.3 is 19.5 Å². The summed E-state index contributed by atoms with van der Waals surface area (Å²) in [4.78, 5) is 3.33. The third-order valence-electron chi connectivity index (χ3n) is 2.64. The van der Waals surface area contributed by atoms with Gasteiger partial charge < -0.3 is 9.12 Å². The minimum Gasteiger partial charge on any atom is -0.329 e. The van der Waals surface area contributed by atoms with Gasteiger partial charge in [-0.15, -0.1) is 0 Å². The van der Waals surface area contributed by atoms with Gasteiger partial charge in [0.2, 0.25) is 5.82 Å². The van der Waals surface area contributed by atoms with Crippen LogP contribution in [0.15, 0.2) is 47.2 Å². The van der Waals surface area contributed by atoms with Gasteiger partial charge in [0.15, 0.2) is 0 Å². The number of aromatic nitrogens is 4. The van der Waals surface area contributed by atoms with Crippen molar-refractivity contribution in [2.75, 3.05) is 0 Å². The Morgan fingerprint density at radius 2 is 1.90 bits per heavy atom. The van der Waals surface area contributed by atoms with Crippen LogP contribution in [0.4, 0.5) is 13.2 Å². The van der Waals surface area contributed by atoms with Crippen LogP contribution in [0.3, 0.4) is 0 Å². The van der Waals surface area contributed by atoms with E-state index in [9.17, 15) is 13.2 Å². The lowest BCUT2D eigenvalue weighted by atomic mass is 9.83. The SMILES string of the molecule is FC(F)(F)c1nc(-c2ccc([B]n3cccn3)cc2)no1. The molecule has 0 saturated carbocycles. The topological polar surface area (TPSA) is 56.7 Å². The molecule has 0 aliphatic heterocycles. The van der Waals surface area contributed by atoms with Gasteiger partial charge in [-0.1, -0.05) is 34.9 Å². The van der Waals surface area contributed by atoms with Gasteiger partial charge in [0.05, 0.1) is 0 Å². The zero-order chi connectivity index (χ0) is 14.9. The Hall–Kier alpha value is -2.58. The van der Waals surface area contributed by atoms with E-state index in [2.05, 4.69) is 19.8 Å². The monoisotopic (exact) mass is 291 g/mol. The van der Waals surface area contributed by atoms with E-state index < -0.39 is 12.1 Å². The van der Waals surface area contributed by atoms with E-state index in [4.69, 9.17) is 0 Å². The average Bonchev–Trinajstić information content (AvgIpc) is 3.09. The summed E-state index contributed by atoms with van der Waals surface area (Å²) in [5.74, 6) is -1.46. The smallest absolute Gasteiger partial charge is 0.329 e. The summed E-state index contributed by atoms with van der Waals surface area (Å²) in [6, 6.07) is 8.45. The number of halogens is 3. The lowest BCUT2D eigenvalue weighted by Gasteiger charge is -2.00. The Kier molecular flexibility index (Phi) is 3.24. The first-order valence-electron chi connectivity index (χ1n) is 5.88. The van der Waals surface area contributed by atoms with Gasteiger partial charge in [0.1, 0.15) is 0 Å². The Morgan fingerprint density at radius 1 is 1.14 bits per heavy atom. The van der Waals surface area contributed by atoms with Crippen LogP contribution in [0.25, 0.3) is 11.4 Å². The zero-order valence-electron chi connectivity index (χ0n) is 10.4. The zero-order valence-corrected chi connectivity index (χ0v) is 10.4. The molecule has 0 bridgehead atoms. The van der Waals surface area contributed by atoms with Crippen molar-refractivity contribution in [3.63, 3.8) is 0 Å². The predicted molar refractivity (Wildman–Crippen MR) is 67.7 cm³/mol. The van der Waals surface area contributed by atoms with Gasteiger partial charge in [0, 0.05) is 18.0 Å². The molecule has 1 radical (unpaired) electrons. The van der Waals surface area contributed by atoms with Crippen molar-refractivity contribution in [1.29, 1.82) is 0 Å². The molecular weight excluding hydrogens is 284 g/mol. The van der Waals surface area contributed by atoms with Crippen molar-refractivity contribution in [1.82, 2.24) is 19.8 Å². The van der Waals surface area contributed by atoms with E-state index in [1.165, 1.54) is 0 Å². The summed E-state index contributed by atoms with van der Waals surface area (Å²) >= 11 is 0. The number of nitrogens with zero attached hydrogens (tertiary/aromatic N) is 4. The Labute approximate surface area is 117 Å². The van der Waals surface area contributed by atoms with Gasteiger partial charge in [0.25, 0.3) is 0 Å². The fraction of sp³-hybridized carbons (Fsp3) is 0.0833. The third kappa shape index (κ3) is 2.96. The van der Waals surface area contributed by atoms with E-state index in [1.807, 2.05) is 0 Å². The molecule has 5 nitrogen and oxygen atoms in total. The molecule has 105 valence electrons. The molecule has 0 atom stereocenters. The van der Waals surface area contributed by atoms with Crippen molar-refractivity contribution in [2.45, 2.75) is 6.18 Å². The van der Waals surface area contributed by atoms with Crippen LogP contribution in [0.5, 0.6) is 0 Å². The molecule has 0 aliphatic carbocycles. The summed E-state index contributed by atoms with van der Waals surface area (Å²) < 4.78 is 43.0. The average molecular weight is 291 g/mol. The summed E-state index contributed by atoms with van der Waals surface area (Å²) in [7, 11) is 1.77. The molecule has 0 aliphatic rings. The number of benzene rings is 1. The summed E-state index contributed by atoms with van der Waals surface area (Å²) in [5.41, 5.74) is 1.27. The second-order valence-electron chi connectivity index (χ2n) is 4.16. The largest absolute Gasteiger partial charge is 0.471 e. The Morgan fingerprint density at radius 3 is 2.48 bits per heavy atom. The van der Waals surface area contributed by atoms with Crippen molar-refractivity contribution in [3.8, 4) is 11.4 Å². The highest BCUT2D eigenvalue weighted by atomic mass is 19.4. The first kappa shape index (κ1) is 13.4. The van der Waals surface area contributed by atoms with Gasteiger partial charge in [-0.25, -0.2) is 0 Å². The van der Waals surface area contributed by atoms with Crippen LogP contribution < -0.4 is 5.46 Å². The first-order valence-corrected chi connectivity index (χ1v) is 5.88.